The Labute approximate surface area is 257 Å². The molecule has 2 heterocycles. The molecule has 0 bridgehead atoms. The summed E-state index contributed by atoms with van der Waals surface area (Å²) in [6, 6.07) is 14.6. The molecule has 2 aromatic carbocycles. The summed E-state index contributed by atoms with van der Waals surface area (Å²) in [7, 11) is 0. The van der Waals surface area contributed by atoms with Gasteiger partial charge in [0.25, 0.3) is 0 Å². The van der Waals surface area contributed by atoms with Crippen LogP contribution in [0.1, 0.15) is 87.1 Å². The molecule has 2 aromatic heterocycles. The summed E-state index contributed by atoms with van der Waals surface area (Å²) < 4.78 is 5.86. The molecule has 4 aromatic rings. The third-order valence-electron chi connectivity index (χ3n) is 8.16. The van der Waals surface area contributed by atoms with Gasteiger partial charge >= 0.3 is 0 Å². The van der Waals surface area contributed by atoms with Gasteiger partial charge in [-0.2, -0.15) is 0 Å². The number of rotatable bonds is 14. The number of fused-ring (bicyclic) bond motifs is 1. The highest BCUT2D eigenvalue weighted by molar-refractivity contribution is 6.35. The van der Waals surface area contributed by atoms with E-state index in [1.165, 1.54) is 6.33 Å². The van der Waals surface area contributed by atoms with Crippen molar-refractivity contribution in [1.82, 2.24) is 15.0 Å². The molecule has 9 heteroatoms. The van der Waals surface area contributed by atoms with Gasteiger partial charge in [-0.1, -0.05) is 42.6 Å². The van der Waals surface area contributed by atoms with Gasteiger partial charge in [0.15, 0.2) is 5.78 Å². The van der Waals surface area contributed by atoms with Crippen molar-refractivity contribution in [2.45, 2.75) is 83.3 Å². The molecule has 1 aliphatic rings. The van der Waals surface area contributed by atoms with E-state index in [1.54, 1.807) is 31.3 Å². The Kier molecular flexibility index (Phi) is 10.4. The van der Waals surface area contributed by atoms with Crippen LogP contribution in [0, 0.1) is 5.92 Å². The lowest BCUT2D eigenvalue weighted by Crippen LogP contribution is -2.27. The van der Waals surface area contributed by atoms with E-state index in [2.05, 4.69) is 20.3 Å². The molecular weight excluding hydrogens is 564 g/mol. The number of anilines is 1. The number of nitrogens with one attached hydrogen (secondary N) is 2. The second kappa shape index (κ2) is 14.6. The molecule has 0 amide bonds. The number of unbranched alkanes of at least 4 members (excludes halogenated alkanes) is 2. The maximum atomic E-state index is 13.7. The minimum Gasteiger partial charge on any atom is -0.457 e. The second-order valence-electron chi connectivity index (χ2n) is 11.6. The SMILES string of the molecule is CC(O)CCCCCC(=O)CC1CCC(Nc2ncnc3[nH]cc(C(=O)c4ccc(Oc5ccccc5)cc4Cl)c23)CC1. The zero-order chi connectivity index (χ0) is 30.2. The third kappa shape index (κ3) is 8.21. The molecule has 8 nitrogen and oxygen atoms in total. The largest absolute Gasteiger partial charge is 0.457 e. The van der Waals surface area contributed by atoms with Crippen LogP contribution in [0.2, 0.25) is 5.02 Å². The number of aromatic amines is 1. The van der Waals surface area contributed by atoms with Gasteiger partial charge < -0.3 is 20.1 Å². The number of aromatic nitrogens is 3. The normalized spacial score (nSPS) is 17.5. The molecule has 1 fully saturated rings. The van der Waals surface area contributed by atoms with Crippen LogP contribution in [0.3, 0.4) is 0 Å². The number of halogens is 1. The van der Waals surface area contributed by atoms with Crippen molar-refractivity contribution in [1.29, 1.82) is 0 Å². The van der Waals surface area contributed by atoms with E-state index in [4.69, 9.17) is 16.3 Å². The Morgan fingerprint density at radius 2 is 1.81 bits per heavy atom. The van der Waals surface area contributed by atoms with Crippen LogP contribution in [0.25, 0.3) is 11.0 Å². The first-order valence-corrected chi connectivity index (χ1v) is 15.6. The van der Waals surface area contributed by atoms with Crippen LogP contribution in [0.5, 0.6) is 11.5 Å². The number of aliphatic hydroxyl groups is 1. The number of hydrogen-bond donors (Lipinski definition) is 3. The summed E-state index contributed by atoms with van der Waals surface area (Å²) in [4.78, 5) is 38.1. The fraction of sp³-hybridized carbons (Fsp3) is 0.412. The van der Waals surface area contributed by atoms with Crippen LogP contribution >= 0.6 is 11.6 Å². The summed E-state index contributed by atoms with van der Waals surface area (Å²) in [5.41, 5.74) is 1.39. The third-order valence-corrected chi connectivity index (χ3v) is 8.47. The molecule has 0 aliphatic heterocycles. The van der Waals surface area contributed by atoms with E-state index in [1.807, 2.05) is 30.3 Å². The van der Waals surface area contributed by atoms with Crippen molar-refractivity contribution in [2.75, 3.05) is 5.32 Å². The maximum Gasteiger partial charge on any atom is 0.196 e. The Balaban J connectivity index is 1.19. The topological polar surface area (TPSA) is 117 Å². The summed E-state index contributed by atoms with van der Waals surface area (Å²) in [6.07, 6.45) is 11.6. The van der Waals surface area contributed by atoms with Gasteiger partial charge in [-0.3, -0.25) is 9.59 Å². The number of carbonyl (C=O) groups is 2. The van der Waals surface area contributed by atoms with E-state index < -0.39 is 0 Å². The van der Waals surface area contributed by atoms with Crippen LogP contribution < -0.4 is 10.1 Å². The van der Waals surface area contributed by atoms with Gasteiger partial charge in [-0.15, -0.1) is 0 Å². The van der Waals surface area contributed by atoms with Crippen molar-refractivity contribution < 1.29 is 19.4 Å². The zero-order valence-electron chi connectivity index (χ0n) is 24.5. The number of aliphatic hydroxyl groups excluding tert-OH is 1. The lowest BCUT2D eigenvalue weighted by molar-refractivity contribution is -0.120. The van der Waals surface area contributed by atoms with Gasteiger partial charge in [0.2, 0.25) is 0 Å². The molecule has 43 heavy (non-hydrogen) atoms. The number of ether oxygens (including phenoxy) is 1. The standard InChI is InChI=1S/C34H39ClN4O4/c1-22(40)8-4-2-5-9-25(41)18-23-12-14-24(15-13-23)39-34-31-29(20-36-33(31)37-21-38-34)32(42)28-17-16-27(19-30(28)35)43-26-10-6-3-7-11-26/h3,6-7,10-11,16-17,19-24,40H,2,4-5,8-9,12-15,18H2,1H3,(H2,36,37,38,39). The number of benzene rings is 2. The van der Waals surface area contributed by atoms with Crippen LogP contribution in [-0.4, -0.2) is 43.8 Å². The van der Waals surface area contributed by atoms with E-state index in [-0.39, 0.29) is 17.9 Å². The Morgan fingerprint density at radius 1 is 1.02 bits per heavy atom. The minimum absolute atomic E-state index is 0.195. The summed E-state index contributed by atoms with van der Waals surface area (Å²) in [5, 5.41) is 13.9. The maximum absolute atomic E-state index is 13.7. The highest BCUT2D eigenvalue weighted by Gasteiger charge is 2.26. The molecular formula is C34H39ClN4O4. The van der Waals surface area contributed by atoms with Gasteiger partial charge in [-0.05, 0) is 75.6 Å². The molecule has 1 aliphatic carbocycles. The molecule has 5 rings (SSSR count). The number of carbonyl (C=O) groups excluding carboxylic acids is 2. The van der Waals surface area contributed by atoms with Crippen molar-refractivity contribution in [3.63, 3.8) is 0 Å². The van der Waals surface area contributed by atoms with Gasteiger partial charge in [0, 0.05) is 36.7 Å². The highest BCUT2D eigenvalue weighted by Crippen LogP contribution is 2.34. The number of para-hydroxylation sites is 1. The molecule has 0 radical (unpaired) electrons. The lowest BCUT2D eigenvalue weighted by Gasteiger charge is -2.29. The van der Waals surface area contributed by atoms with E-state index in [9.17, 15) is 14.7 Å². The second-order valence-corrected chi connectivity index (χ2v) is 12.0. The Morgan fingerprint density at radius 3 is 2.56 bits per heavy atom. The molecule has 1 saturated carbocycles. The van der Waals surface area contributed by atoms with Gasteiger partial charge in [0.05, 0.1) is 22.1 Å². The van der Waals surface area contributed by atoms with Crippen molar-refractivity contribution in [3.05, 3.63) is 77.2 Å². The first-order chi connectivity index (χ1) is 20.9. The van der Waals surface area contributed by atoms with Crippen LogP contribution in [0.4, 0.5) is 5.82 Å². The number of hydrogen-bond acceptors (Lipinski definition) is 7. The molecule has 226 valence electrons. The Bertz CT molecular complexity index is 1530. The minimum atomic E-state index is -0.265. The fourth-order valence-corrected chi connectivity index (χ4v) is 6.09. The highest BCUT2D eigenvalue weighted by atomic mass is 35.5. The van der Waals surface area contributed by atoms with Crippen molar-refractivity contribution in [2.24, 2.45) is 5.92 Å². The smallest absolute Gasteiger partial charge is 0.196 e. The van der Waals surface area contributed by atoms with Gasteiger partial charge in [0.1, 0.15) is 35.1 Å². The molecule has 0 saturated heterocycles. The summed E-state index contributed by atoms with van der Waals surface area (Å²) in [5.74, 6) is 2.37. The van der Waals surface area contributed by atoms with Crippen LogP contribution in [-0.2, 0) is 4.79 Å². The van der Waals surface area contributed by atoms with Gasteiger partial charge in [-0.25, -0.2) is 9.97 Å². The first kappa shape index (κ1) is 30.7. The van der Waals surface area contributed by atoms with Crippen molar-refractivity contribution in [3.8, 4) is 11.5 Å². The number of nitrogens with zero attached hydrogens (tertiary/aromatic N) is 2. The predicted octanol–water partition coefficient (Wildman–Crippen LogP) is 7.90. The van der Waals surface area contributed by atoms with E-state index >= 15 is 0 Å². The molecule has 1 unspecified atom stereocenters. The summed E-state index contributed by atoms with van der Waals surface area (Å²) >= 11 is 6.57. The van der Waals surface area contributed by atoms with Crippen molar-refractivity contribution >= 4 is 40.0 Å². The number of ketones is 2. The van der Waals surface area contributed by atoms with E-state index in [0.29, 0.717) is 69.0 Å². The molecule has 3 N–H and O–H groups in total. The average molecular weight is 603 g/mol. The predicted molar refractivity (Wildman–Crippen MR) is 169 cm³/mol. The lowest BCUT2D eigenvalue weighted by atomic mass is 9.82. The first-order valence-electron chi connectivity index (χ1n) is 15.2. The number of H-pyrrole nitrogens is 1. The monoisotopic (exact) mass is 602 g/mol. The summed E-state index contributed by atoms with van der Waals surface area (Å²) in [6.45, 7) is 1.81. The fourth-order valence-electron chi connectivity index (χ4n) is 5.83. The molecule has 1 atom stereocenters. The zero-order valence-corrected chi connectivity index (χ0v) is 25.3. The number of Topliss-reactive ketones (excluding diaryl/α,β-unsaturated/α-hetero) is 1. The van der Waals surface area contributed by atoms with Crippen LogP contribution in [0.15, 0.2) is 61.1 Å². The average Bonchev–Trinajstić information content (AvgIpc) is 3.43. The Hall–Kier alpha value is -3.75. The molecule has 0 spiro atoms. The quantitative estimate of drug-likeness (QED) is 0.0992. The van der Waals surface area contributed by atoms with E-state index in [0.717, 1.165) is 51.4 Å².